The Morgan fingerprint density at radius 1 is 1.18 bits per heavy atom. The molecule has 0 fully saturated rings. The van der Waals surface area contributed by atoms with Crippen LogP contribution in [0.5, 0.6) is 5.75 Å². The van der Waals surface area contributed by atoms with Gasteiger partial charge in [0.25, 0.3) is 0 Å². The summed E-state index contributed by atoms with van der Waals surface area (Å²) in [6.45, 7) is 0.359. The second kappa shape index (κ2) is 5.66. The largest absolute Gasteiger partial charge is 0.488 e. The number of aliphatic hydroxyl groups is 1. The molecule has 0 aliphatic rings. The fourth-order valence-electron chi connectivity index (χ4n) is 1.42. The van der Waals surface area contributed by atoms with Gasteiger partial charge in [-0.1, -0.05) is 23.7 Å². The predicted molar refractivity (Wildman–Crippen MR) is 65.9 cm³/mol. The van der Waals surface area contributed by atoms with E-state index in [9.17, 15) is 0 Å². The number of halogens is 1. The lowest BCUT2D eigenvalue weighted by atomic mass is 10.2. The molecule has 0 amide bonds. The predicted octanol–water partition coefficient (Wildman–Crippen LogP) is 2.81. The van der Waals surface area contributed by atoms with Gasteiger partial charge in [-0.2, -0.15) is 0 Å². The van der Waals surface area contributed by atoms with Gasteiger partial charge in [0.15, 0.2) is 0 Å². The molecule has 0 radical (unpaired) electrons. The van der Waals surface area contributed by atoms with Crippen LogP contribution < -0.4 is 4.74 Å². The lowest BCUT2D eigenvalue weighted by Gasteiger charge is -2.09. The Bertz CT molecular complexity index is 485. The summed E-state index contributed by atoms with van der Waals surface area (Å²) in [5.41, 5.74) is 1.71. The Morgan fingerprint density at radius 2 is 1.94 bits per heavy atom. The third-order valence-electron chi connectivity index (χ3n) is 2.34. The second-order valence-corrected chi connectivity index (χ2v) is 3.99. The Balaban J connectivity index is 2.04. The molecule has 0 bridgehead atoms. The molecular weight excluding hydrogens is 238 g/mol. The average molecular weight is 250 g/mol. The van der Waals surface area contributed by atoms with E-state index in [2.05, 4.69) is 4.98 Å². The molecule has 0 spiro atoms. The topological polar surface area (TPSA) is 42.4 Å². The van der Waals surface area contributed by atoms with E-state index in [1.165, 1.54) is 0 Å². The maximum atomic E-state index is 9.11. The minimum Gasteiger partial charge on any atom is -0.488 e. The van der Waals surface area contributed by atoms with Gasteiger partial charge in [0, 0.05) is 23.0 Å². The van der Waals surface area contributed by atoms with Gasteiger partial charge in [0.05, 0.1) is 6.61 Å². The molecule has 4 heteroatoms. The standard InChI is InChI=1S/C13H12ClNO2/c14-12-3-1-10(2-4-12)9-17-13-5-6-15-7-11(13)8-16/h1-7,16H,8-9H2. The Labute approximate surface area is 105 Å². The summed E-state index contributed by atoms with van der Waals surface area (Å²) in [6, 6.07) is 9.19. The summed E-state index contributed by atoms with van der Waals surface area (Å²) in [5, 5.41) is 9.82. The monoisotopic (exact) mass is 249 g/mol. The van der Waals surface area contributed by atoms with Gasteiger partial charge in [-0.3, -0.25) is 4.98 Å². The summed E-state index contributed by atoms with van der Waals surface area (Å²) in [4.78, 5) is 3.93. The van der Waals surface area contributed by atoms with Gasteiger partial charge in [0.2, 0.25) is 0 Å². The maximum absolute atomic E-state index is 9.11. The molecule has 0 unspecified atom stereocenters. The summed E-state index contributed by atoms with van der Waals surface area (Å²) >= 11 is 5.79. The van der Waals surface area contributed by atoms with Crippen LogP contribution in [0.4, 0.5) is 0 Å². The van der Waals surface area contributed by atoms with E-state index < -0.39 is 0 Å². The number of nitrogens with zero attached hydrogens (tertiary/aromatic N) is 1. The molecule has 0 aliphatic heterocycles. The highest BCUT2D eigenvalue weighted by molar-refractivity contribution is 6.30. The summed E-state index contributed by atoms with van der Waals surface area (Å²) < 4.78 is 5.61. The zero-order valence-electron chi connectivity index (χ0n) is 9.14. The normalized spacial score (nSPS) is 10.2. The first-order valence-electron chi connectivity index (χ1n) is 5.20. The first kappa shape index (κ1) is 11.9. The molecule has 1 N–H and O–H groups in total. The van der Waals surface area contributed by atoms with Crippen molar-refractivity contribution in [2.45, 2.75) is 13.2 Å². The van der Waals surface area contributed by atoms with Crippen LogP contribution in [0, 0.1) is 0 Å². The number of rotatable bonds is 4. The summed E-state index contributed by atoms with van der Waals surface area (Å²) in [6.07, 6.45) is 3.23. The number of ether oxygens (including phenoxy) is 1. The Hall–Kier alpha value is -1.58. The molecule has 2 aromatic rings. The van der Waals surface area contributed by atoms with Crippen molar-refractivity contribution >= 4 is 11.6 Å². The molecular formula is C13H12ClNO2. The van der Waals surface area contributed by atoms with Gasteiger partial charge in [-0.15, -0.1) is 0 Å². The van der Waals surface area contributed by atoms with Gasteiger partial charge in [-0.05, 0) is 23.8 Å². The molecule has 1 heterocycles. The zero-order valence-corrected chi connectivity index (χ0v) is 9.89. The van der Waals surface area contributed by atoms with Gasteiger partial charge < -0.3 is 9.84 Å². The summed E-state index contributed by atoms with van der Waals surface area (Å²) in [7, 11) is 0. The van der Waals surface area contributed by atoms with Crippen LogP contribution in [0.25, 0.3) is 0 Å². The SMILES string of the molecule is OCc1cnccc1OCc1ccc(Cl)cc1. The van der Waals surface area contributed by atoms with Crippen molar-refractivity contribution in [1.82, 2.24) is 4.98 Å². The quantitative estimate of drug-likeness (QED) is 0.906. The molecule has 1 aromatic heterocycles. The molecule has 0 aliphatic carbocycles. The molecule has 0 atom stereocenters. The number of hydrogen-bond donors (Lipinski definition) is 1. The molecule has 0 saturated heterocycles. The molecule has 17 heavy (non-hydrogen) atoms. The van der Waals surface area contributed by atoms with Crippen LogP contribution in [-0.4, -0.2) is 10.1 Å². The number of aliphatic hydroxyl groups excluding tert-OH is 1. The lowest BCUT2D eigenvalue weighted by molar-refractivity contribution is 0.258. The second-order valence-electron chi connectivity index (χ2n) is 3.56. The van der Waals surface area contributed by atoms with Crippen molar-refractivity contribution < 1.29 is 9.84 Å². The molecule has 1 aromatic carbocycles. The van der Waals surface area contributed by atoms with Crippen LogP contribution in [-0.2, 0) is 13.2 Å². The van der Waals surface area contributed by atoms with E-state index in [0.717, 1.165) is 5.56 Å². The Morgan fingerprint density at radius 3 is 2.65 bits per heavy atom. The highest BCUT2D eigenvalue weighted by Gasteiger charge is 2.02. The average Bonchev–Trinajstić information content (AvgIpc) is 2.38. The highest BCUT2D eigenvalue weighted by Crippen LogP contribution is 2.18. The molecule has 3 nitrogen and oxygen atoms in total. The Kier molecular flexibility index (Phi) is 3.96. The van der Waals surface area contributed by atoms with E-state index in [4.69, 9.17) is 21.4 Å². The molecule has 0 saturated carbocycles. The van der Waals surface area contributed by atoms with Crippen molar-refractivity contribution in [3.05, 3.63) is 58.9 Å². The fourth-order valence-corrected chi connectivity index (χ4v) is 1.54. The smallest absolute Gasteiger partial charge is 0.128 e. The third-order valence-corrected chi connectivity index (χ3v) is 2.59. The van der Waals surface area contributed by atoms with Crippen molar-refractivity contribution in [3.8, 4) is 5.75 Å². The number of aromatic nitrogens is 1. The third kappa shape index (κ3) is 3.19. The first-order chi connectivity index (χ1) is 8.29. The number of hydrogen-bond acceptors (Lipinski definition) is 3. The molecule has 88 valence electrons. The van der Waals surface area contributed by atoms with E-state index in [0.29, 0.717) is 22.9 Å². The summed E-state index contributed by atoms with van der Waals surface area (Å²) in [5.74, 6) is 0.650. The van der Waals surface area contributed by atoms with E-state index in [1.807, 2.05) is 24.3 Å². The van der Waals surface area contributed by atoms with Gasteiger partial charge in [-0.25, -0.2) is 0 Å². The van der Waals surface area contributed by atoms with Crippen LogP contribution in [0.15, 0.2) is 42.7 Å². The van der Waals surface area contributed by atoms with E-state index in [1.54, 1.807) is 18.5 Å². The van der Waals surface area contributed by atoms with E-state index >= 15 is 0 Å². The maximum Gasteiger partial charge on any atom is 0.128 e. The minimum atomic E-state index is -0.0796. The fraction of sp³-hybridized carbons (Fsp3) is 0.154. The zero-order chi connectivity index (χ0) is 12.1. The highest BCUT2D eigenvalue weighted by atomic mass is 35.5. The van der Waals surface area contributed by atoms with Crippen LogP contribution >= 0.6 is 11.6 Å². The number of pyridine rings is 1. The van der Waals surface area contributed by atoms with Crippen molar-refractivity contribution in [1.29, 1.82) is 0 Å². The van der Waals surface area contributed by atoms with Crippen molar-refractivity contribution in [2.75, 3.05) is 0 Å². The van der Waals surface area contributed by atoms with Crippen LogP contribution in [0.3, 0.4) is 0 Å². The minimum absolute atomic E-state index is 0.0796. The van der Waals surface area contributed by atoms with Gasteiger partial charge >= 0.3 is 0 Å². The van der Waals surface area contributed by atoms with Crippen LogP contribution in [0.1, 0.15) is 11.1 Å². The molecule has 2 rings (SSSR count). The van der Waals surface area contributed by atoms with Crippen molar-refractivity contribution in [3.63, 3.8) is 0 Å². The number of benzene rings is 1. The van der Waals surface area contributed by atoms with Crippen LogP contribution in [0.2, 0.25) is 5.02 Å². The lowest BCUT2D eigenvalue weighted by Crippen LogP contribution is -1.99. The van der Waals surface area contributed by atoms with Gasteiger partial charge in [0.1, 0.15) is 12.4 Å². The first-order valence-corrected chi connectivity index (χ1v) is 5.58. The van der Waals surface area contributed by atoms with Crippen molar-refractivity contribution in [2.24, 2.45) is 0 Å². The van der Waals surface area contributed by atoms with E-state index in [-0.39, 0.29) is 6.61 Å².